The van der Waals surface area contributed by atoms with Gasteiger partial charge >= 0.3 is 0 Å². The van der Waals surface area contributed by atoms with Crippen molar-refractivity contribution in [2.75, 3.05) is 11.1 Å². The molecule has 4 nitrogen and oxygen atoms in total. The molecule has 2 aromatic rings. The monoisotopic (exact) mass is 282 g/mol. The summed E-state index contributed by atoms with van der Waals surface area (Å²) in [6, 6.07) is 4.59. The summed E-state index contributed by atoms with van der Waals surface area (Å²) in [4.78, 5) is 0. The molecule has 0 radical (unpaired) electrons. The smallest absolute Gasteiger partial charge is 0.152 e. The molecule has 0 unspecified atom stereocenters. The van der Waals surface area contributed by atoms with Gasteiger partial charge in [0.05, 0.1) is 16.4 Å². The van der Waals surface area contributed by atoms with E-state index >= 15 is 0 Å². The van der Waals surface area contributed by atoms with Gasteiger partial charge in [0.25, 0.3) is 0 Å². The Bertz CT molecular complexity index is 607. The lowest BCUT2D eigenvalue weighted by molar-refractivity contribution is 0.536. The number of nitrogens with two attached hydrogens (primary N) is 1. The minimum Gasteiger partial charge on any atom is -0.394 e. The molecule has 0 aliphatic carbocycles. The van der Waals surface area contributed by atoms with Crippen molar-refractivity contribution < 1.29 is 4.39 Å². The molecule has 0 fully saturated rings. The third-order valence-corrected chi connectivity index (χ3v) is 3.09. The number of anilines is 3. The van der Waals surface area contributed by atoms with Crippen LogP contribution in [-0.2, 0) is 0 Å². The molecule has 1 aromatic carbocycles. The number of nitrogen functional groups attached to an aromatic ring is 1. The average Bonchev–Trinajstić information content (AvgIpc) is 2.62. The minimum absolute atomic E-state index is 0.0657. The minimum atomic E-state index is -0.450. The number of rotatable bonds is 3. The number of aromatic nitrogens is 2. The number of hydrogen-bond acceptors (Lipinski definition) is 3. The van der Waals surface area contributed by atoms with Crippen LogP contribution in [0.4, 0.5) is 21.6 Å². The molecule has 19 heavy (non-hydrogen) atoms. The van der Waals surface area contributed by atoms with Crippen molar-refractivity contribution in [3.05, 3.63) is 34.7 Å². The molecule has 0 aliphatic rings. The van der Waals surface area contributed by atoms with Gasteiger partial charge < -0.3 is 11.1 Å². The predicted molar refractivity (Wildman–Crippen MR) is 76.5 cm³/mol. The average molecular weight is 283 g/mol. The fraction of sp³-hybridized carbons (Fsp3) is 0.308. The number of nitrogens with one attached hydrogen (secondary N) is 1. The SMILES string of the molecule is Cc1nn(C(C)C)c(Nc2ccc(F)c(Cl)c2)c1N. The highest BCUT2D eigenvalue weighted by atomic mass is 35.5. The first kappa shape index (κ1) is 13.7. The zero-order chi connectivity index (χ0) is 14.2. The van der Waals surface area contributed by atoms with Crippen LogP contribution in [0, 0.1) is 12.7 Å². The maximum atomic E-state index is 13.1. The molecule has 0 saturated heterocycles. The van der Waals surface area contributed by atoms with E-state index < -0.39 is 5.82 Å². The van der Waals surface area contributed by atoms with Gasteiger partial charge in [0, 0.05) is 11.7 Å². The van der Waals surface area contributed by atoms with Crippen molar-refractivity contribution in [2.45, 2.75) is 26.8 Å². The normalized spacial score (nSPS) is 11.1. The van der Waals surface area contributed by atoms with Gasteiger partial charge in [-0.2, -0.15) is 5.10 Å². The molecule has 0 amide bonds. The summed E-state index contributed by atoms with van der Waals surface area (Å²) in [6.45, 7) is 5.86. The van der Waals surface area contributed by atoms with Crippen LogP contribution >= 0.6 is 11.6 Å². The van der Waals surface area contributed by atoms with Gasteiger partial charge in [0.1, 0.15) is 5.82 Å². The van der Waals surface area contributed by atoms with Crippen molar-refractivity contribution >= 4 is 28.8 Å². The lowest BCUT2D eigenvalue weighted by atomic mass is 10.3. The lowest BCUT2D eigenvalue weighted by Crippen LogP contribution is -2.08. The van der Waals surface area contributed by atoms with E-state index in [2.05, 4.69) is 10.4 Å². The molecular weight excluding hydrogens is 267 g/mol. The Morgan fingerprint density at radius 2 is 2.11 bits per heavy atom. The van der Waals surface area contributed by atoms with Gasteiger partial charge in [-0.05, 0) is 39.0 Å². The quantitative estimate of drug-likeness (QED) is 0.898. The fourth-order valence-corrected chi connectivity index (χ4v) is 1.95. The van der Waals surface area contributed by atoms with Crippen LogP contribution in [0.25, 0.3) is 0 Å². The zero-order valence-corrected chi connectivity index (χ0v) is 11.8. The Hall–Kier alpha value is -1.75. The third kappa shape index (κ3) is 2.66. The third-order valence-electron chi connectivity index (χ3n) is 2.80. The number of aryl methyl sites for hydroxylation is 1. The Balaban J connectivity index is 2.40. The Labute approximate surface area is 116 Å². The summed E-state index contributed by atoms with van der Waals surface area (Å²) in [5, 5.41) is 7.57. The van der Waals surface area contributed by atoms with Crippen LogP contribution in [-0.4, -0.2) is 9.78 Å². The number of hydrogen-bond donors (Lipinski definition) is 2. The van der Waals surface area contributed by atoms with E-state index in [9.17, 15) is 4.39 Å². The predicted octanol–water partition coefficient (Wildman–Crippen LogP) is 3.89. The van der Waals surface area contributed by atoms with Crippen LogP contribution in [0.15, 0.2) is 18.2 Å². The summed E-state index contributed by atoms with van der Waals surface area (Å²) in [5.74, 6) is 0.240. The zero-order valence-electron chi connectivity index (χ0n) is 11.0. The molecule has 0 aliphatic heterocycles. The lowest BCUT2D eigenvalue weighted by Gasteiger charge is -2.13. The van der Waals surface area contributed by atoms with E-state index in [1.165, 1.54) is 12.1 Å². The first-order valence-electron chi connectivity index (χ1n) is 5.96. The first-order valence-corrected chi connectivity index (χ1v) is 6.34. The number of halogens is 2. The second-order valence-corrected chi connectivity index (χ2v) is 5.05. The molecule has 0 spiro atoms. The Morgan fingerprint density at radius 1 is 1.42 bits per heavy atom. The molecule has 1 aromatic heterocycles. The summed E-state index contributed by atoms with van der Waals surface area (Å²) in [7, 11) is 0. The maximum Gasteiger partial charge on any atom is 0.152 e. The first-order chi connectivity index (χ1) is 8.90. The van der Waals surface area contributed by atoms with Gasteiger partial charge in [-0.3, -0.25) is 0 Å². The number of benzene rings is 1. The molecule has 0 atom stereocenters. The van der Waals surface area contributed by atoms with Crippen molar-refractivity contribution in [3.63, 3.8) is 0 Å². The van der Waals surface area contributed by atoms with Gasteiger partial charge in [-0.15, -0.1) is 0 Å². The highest BCUT2D eigenvalue weighted by molar-refractivity contribution is 6.31. The van der Waals surface area contributed by atoms with Crippen LogP contribution in [0.1, 0.15) is 25.6 Å². The largest absolute Gasteiger partial charge is 0.394 e. The van der Waals surface area contributed by atoms with Crippen molar-refractivity contribution in [2.24, 2.45) is 0 Å². The standard InChI is InChI=1S/C13H16ClFN4/c1-7(2)19-13(12(16)8(3)18-19)17-9-4-5-11(15)10(14)6-9/h4-7,17H,16H2,1-3H3. The van der Waals surface area contributed by atoms with Crippen molar-refractivity contribution in [1.82, 2.24) is 9.78 Å². The molecule has 102 valence electrons. The Kier molecular flexibility index (Phi) is 3.66. The Morgan fingerprint density at radius 3 is 2.68 bits per heavy atom. The summed E-state index contributed by atoms with van der Waals surface area (Å²) >= 11 is 5.76. The highest BCUT2D eigenvalue weighted by Gasteiger charge is 2.15. The van der Waals surface area contributed by atoms with E-state index in [4.69, 9.17) is 17.3 Å². The second kappa shape index (κ2) is 5.09. The molecule has 1 heterocycles. The van der Waals surface area contributed by atoms with E-state index in [0.717, 1.165) is 5.69 Å². The second-order valence-electron chi connectivity index (χ2n) is 4.64. The van der Waals surface area contributed by atoms with Crippen LogP contribution in [0.5, 0.6) is 0 Å². The molecule has 3 N–H and O–H groups in total. The summed E-state index contributed by atoms with van der Waals surface area (Å²) in [5.41, 5.74) is 8.00. The molecular formula is C13H16ClFN4. The molecule has 6 heteroatoms. The highest BCUT2D eigenvalue weighted by Crippen LogP contribution is 2.30. The summed E-state index contributed by atoms with van der Waals surface area (Å²) < 4.78 is 14.9. The number of nitrogens with zero attached hydrogens (tertiary/aromatic N) is 2. The van der Waals surface area contributed by atoms with Gasteiger partial charge in [0.2, 0.25) is 0 Å². The van der Waals surface area contributed by atoms with E-state index in [0.29, 0.717) is 17.2 Å². The van der Waals surface area contributed by atoms with E-state index in [1.54, 1.807) is 10.7 Å². The maximum absolute atomic E-state index is 13.1. The van der Waals surface area contributed by atoms with Gasteiger partial charge in [-0.25, -0.2) is 9.07 Å². The van der Waals surface area contributed by atoms with Crippen LogP contribution in [0.2, 0.25) is 5.02 Å². The van der Waals surface area contributed by atoms with Gasteiger partial charge in [-0.1, -0.05) is 11.6 Å². The molecule has 0 bridgehead atoms. The topological polar surface area (TPSA) is 55.9 Å². The molecule has 0 saturated carbocycles. The van der Waals surface area contributed by atoms with Crippen molar-refractivity contribution in [3.8, 4) is 0 Å². The van der Waals surface area contributed by atoms with E-state index in [-0.39, 0.29) is 11.1 Å². The van der Waals surface area contributed by atoms with Crippen LogP contribution in [0.3, 0.4) is 0 Å². The van der Waals surface area contributed by atoms with Crippen molar-refractivity contribution in [1.29, 1.82) is 0 Å². The van der Waals surface area contributed by atoms with E-state index in [1.807, 2.05) is 20.8 Å². The summed E-state index contributed by atoms with van der Waals surface area (Å²) in [6.07, 6.45) is 0. The fourth-order valence-electron chi connectivity index (χ4n) is 1.77. The van der Waals surface area contributed by atoms with Gasteiger partial charge in [0.15, 0.2) is 5.82 Å². The molecule has 2 rings (SSSR count). The van der Waals surface area contributed by atoms with Crippen LogP contribution < -0.4 is 11.1 Å².